The maximum atomic E-state index is 13.9. The van der Waals surface area contributed by atoms with Gasteiger partial charge in [-0.2, -0.15) is 0 Å². The molecule has 2 heterocycles. The summed E-state index contributed by atoms with van der Waals surface area (Å²) in [5.41, 5.74) is 1.71. The summed E-state index contributed by atoms with van der Waals surface area (Å²) >= 11 is 6.16. The second-order valence-corrected chi connectivity index (χ2v) is 8.18. The number of halogens is 3. The van der Waals surface area contributed by atoms with Crippen molar-refractivity contribution < 1.29 is 18.0 Å². The molecule has 1 fully saturated rings. The third-order valence-electron chi connectivity index (χ3n) is 5.39. The molecule has 0 atom stereocenters. The predicted octanol–water partition coefficient (Wildman–Crippen LogP) is 4.60. The van der Waals surface area contributed by atoms with Gasteiger partial charge in [0.1, 0.15) is 11.6 Å². The van der Waals surface area contributed by atoms with Gasteiger partial charge in [-0.3, -0.25) is 4.79 Å². The molecule has 1 saturated heterocycles. The number of likely N-dealkylation sites (N-methyl/N-ethyl adjacent to an activating group) is 1. The first-order valence-electron chi connectivity index (χ1n) is 10.3. The van der Waals surface area contributed by atoms with E-state index in [4.69, 9.17) is 16.0 Å². The third-order valence-corrected chi connectivity index (χ3v) is 5.63. The molecule has 9 heteroatoms. The van der Waals surface area contributed by atoms with E-state index in [0.717, 1.165) is 44.0 Å². The van der Waals surface area contributed by atoms with E-state index in [0.29, 0.717) is 16.6 Å². The molecule has 1 N–H and O–H groups in total. The van der Waals surface area contributed by atoms with Crippen molar-refractivity contribution in [3.63, 3.8) is 0 Å². The lowest BCUT2D eigenvalue weighted by Crippen LogP contribution is -2.44. The fourth-order valence-corrected chi connectivity index (χ4v) is 3.78. The number of hydrogen-bond donors (Lipinski definition) is 1. The minimum absolute atomic E-state index is 0.116. The fourth-order valence-electron chi connectivity index (χ4n) is 3.60. The molecule has 168 valence electrons. The quantitative estimate of drug-likeness (QED) is 0.582. The van der Waals surface area contributed by atoms with Crippen molar-refractivity contribution in [2.24, 2.45) is 0 Å². The number of amides is 1. The van der Waals surface area contributed by atoms with E-state index in [1.807, 2.05) is 12.1 Å². The Morgan fingerprint density at radius 1 is 1.16 bits per heavy atom. The molecule has 1 aromatic heterocycles. The molecule has 1 aliphatic heterocycles. The SMILES string of the molecule is CN1CCN(c2ccc(Cl)cc2NC(=O)CCc2ncc(-c3ccc(F)cc3F)o2)CC1. The lowest BCUT2D eigenvalue weighted by Gasteiger charge is -2.35. The van der Waals surface area contributed by atoms with Crippen LogP contribution < -0.4 is 10.2 Å². The summed E-state index contributed by atoms with van der Waals surface area (Å²) in [5.74, 6) is -1.13. The van der Waals surface area contributed by atoms with E-state index in [-0.39, 0.29) is 30.1 Å². The first kappa shape index (κ1) is 22.2. The van der Waals surface area contributed by atoms with Gasteiger partial charge in [0.05, 0.1) is 23.1 Å². The first-order valence-corrected chi connectivity index (χ1v) is 10.7. The van der Waals surface area contributed by atoms with Crippen LogP contribution in [0, 0.1) is 11.6 Å². The van der Waals surface area contributed by atoms with Crippen molar-refractivity contribution in [1.82, 2.24) is 9.88 Å². The molecule has 0 radical (unpaired) electrons. The van der Waals surface area contributed by atoms with Crippen LogP contribution in [-0.4, -0.2) is 49.0 Å². The molecule has 1 amide bonds. The summed E-state index contributed by atoms with van der Waals surface area (Å²) in [5, 5.41) is 3.47. The molecule has 0 spiro atoms. The van der Waals surface area contributed by atoms with Crippen LogP contribution in [0.5, 0.6) is 0 Å². The van der Waals surface area contributed by atoms with Gasteiger partial charge in [0, 0.05) is 50.1 Å². The Hall–Kier alpha value is -2.97. The lowest BCUT2D eigenvalue weighted by atomic mass is 10.2. The highest BCUT2D eigenvalue weighted by Crippen LogP contribution is 2.30. The summed E-state index contributed by atoms with van der Waals surface area (Å²) in [4.78, 5) is 21.2. The highest BCUT2D eigenvalue weighted by molar-refractivity contribution is 6.31. The van der Waals surface area contributed by atoms with E-state index < -0.39 is 11.6 Å². The Kier molecular flexibility index (Phi) is 6.72. The molecule has 1 aliphatic rings. The lowest BCUT2D eigenvalue weighted by molar-refractivity contribution is -0.116. The first-order chi connectivity index (χ1) is 15.4. The number of piperazine rings is 1. The minimum atomic E-state index is -0.733. The van der Waals surface area contributed by atoms with Gasteiger partial charge in [-0.15, -0.1) is 0 Å². The second-order valence-electron chi connectivity index (χ2n) is 7.74. The zero-order valence-corrected chi connectivity index (χ0v) is 18.3. The van der Waals surface area contributed by atoms with Crippen LogP contribution in [0.1, 0.15) is 12.3 Å². The van der Waals surface area contributed by atoms with Gasteiger partial charge in [-0.05, 0) is 37.4 Å². The molecule has 4 rings (SSSR count). The van der Waals surface area contributed by atoms with Crippen molar-refractivity contribution in [1.29, 1.82) is 0 Å². The Morgan fingerprint density at radius 2 is 1.94 bits per heavy atom. The molecular formula is C23H23ClF2N4O2. The number of carbonyl (C=O) groups is 1. The summed E-state index contributed by atoms with van der Waals surface area (Å²) in [6, 6.07) is 8.70. The molecule has 2 aromatic carbocycles. The number of oxazole rings is 1. The zero-order chi connectivity index (χ0) is 22.7. The van der Waals surface area contributed by atoms with E-state index in [1.54, 1.807) is 6.07 Å². The number of rotatable bonds is 6. The maximum absolute atomic E-state index is 13.9. The number of nitrogens with one attached hydrogen (secondary N) is 1. The molecule has 3 aromatic rings. The smallest absolute Gasteiger partial charge is 0.224 e. The predicted molar refractivity (Wildman–Crippen MR) is 120 cm³/mol. The minimum Gasteiger partial charge on any atom is -0.441 e. The molecule has 32 heavy (non-hydrogen) atoms. The van der Waals surface area contributed by atoms with Crippen LogP contribution in [0.3, 0.4) is 0 Å². The normalized spacial score (nSPS) is 14.6. The van der Waals surface area contributed by atoms with Gasteiger partial charge < -0.3 is 19.5 Å². The van der Waals surface area contributed by atoms with Crippen LogP contribution in [0.2, 0.25) is 5.02 Å². The van der Waals surface area contributed by atoms with Crippen LogP contribution in [0.25, 0.3) is 11.3 Å². The van der Waals surface area contributed by atoms with Crippen LogP contribution in [0.4, 0.5) is 20.2 Å². The Labute approximate surface area is 189 Å². The highest BCUT2D eigenvalue weighted by atomic mass is 35.5. The highest BCUT2D eigenvalue weighted by Gasteiger charge is 2.19. The fraction of sp³-hybridized carbons (Fsp3) is 0.304. The number of aryl methyl sites for hydroxylation is 1. The number of nitrogens with zero attached hydrogens (tertiary/aromatic N) is 3. The number of anilines is 2. The van der Waals surface area contributed by atoms with Crippen LogP contribution in [-0.2, 0) is 11.2 Å². The van der Waals surface area contributed by atoms with Crippen molar-refractivity contribution in [3.8, 4) is 11.3 Å². The maximum Gasteiger partial charge on any atom is 0.224 e. The van der Waals surface area contributed by atoms with E-state index in [2.05, 4.69) is 27.1 Å². The van der Waals surface area contributed by atoms with Crippen molar-refractivity contribution in [2.75, 3.05) is 43.4 Å². The summed E-state index contributed by atoms with van der Waals surface area (Å²) in [7, 11) is 2.08. The number of benzene rings is 2. The van der Waals surface area contributed by atoms with Crippen molar-refractivity contribution in [2.45, 2.75) is 12.8 Å². The number of hydrogen-bond acceptors (Lipinski definition) is 5. The molecular weight excluding hydrogens is 438 g/mol. The van der Waals surface area contributed by atoms with Crippen molar-refractivity contribution >= 4 is 28.9 Å². The van der Waals surface area contributed by atoms with Gasteiger partial charge in [0.2, 0.25) is 5.91 Å². The summed E-state index contributed by atoms with van der Waals surface area (Å²) in [6.45, 7) is 3.61. The molecule has 6 nitrogen and oxygen atoms in total. The molecule has 0 bridgehead atoms. The molecule has 0 unspecified atom stereocenters. The molecule has 0 aliphatic carbocycles. The van der Waals surface area contributed by atoms with Gasteiger partial charge in [0.15, 0.2) is 11.7 Å². The summed E-state index contributed by atoms with van der Waals surface area (Å²) < 4.78 is 32.6. The Morgan fingerprint density at radius 3 is 2.69 bits per heavy atom. The van der Waals surface area contributed by atoms with Gasteiger partial charge in [-0.1, -0.05) is 11.6 Å². The monoisotopic (exact) mass is 460 g/mol. The summed E-state index contributed by atoms with van der Waals surface area (Å²) in [6.07, 6.45) is 1.73. The zero-order valence-electron chi connectivity index (χ0n) is 17.6. The van der Waals surface area contributed by atoms with Crippen LogP contribution in [0.15, 0.2) is 47.0 Å². The standard InChI is InChI=1S/C23H23ClF2N4O2/c1-29-8-10-30(11-9-29)20-5-2-15(24)12-19(20)28-22(31)6-7-23-27-14-21(32-23)17-4-3-16(25)13-18(17)26/h2-5,12-14H,6-11H2,1H3,(H,28,31). The van der Waals surface area contributed by atoms with Crippen LogP contribution >= 0.6 is 11.6 Å². The van der Waals surface area contributed by atoms with E-state index in [1.165, 1.54) is 12.3 Å². The average molecular weight is 461 g/mol. The van der Waals surface area contributed by atoms with Gasteiger partial charge in [0.25, 0.3) is 0 Å². The average Bonchev–Trinajstić information content (AvgIpc) is 3.22. The number of carbonyl (C=O) groups excluding carboxylic acids is 1. The Bertz CT molecular complexity index is 1110. The topological polar surface area (TPSA) is 61.6 Å². The largest absolute Gasteiger partial charge is 0.441 e. The Balaban J connectivity index is 1.40. The van der Waals surface area contributed by atoms with Gasteiger partial charge >= 0.3 is 0 Å². The molecule has 0 saturated carbocycles. The van der Waals surface area contributed by atoms with E-state index >= 15 is 0 Å². The van der Waals surface area contributed by atoms with Crippen molar-refractivity contribution in [3.05, 3.63) is 65.1 Å². The van der Waals surface area contributed by atoms with Gasteiger partial charge in [-0.25, -0.2) is 13.8 Å². The third kappa shape index (κ3) is 5.26. The number of aromatic nitrogens is 1. The second kappa shape index (κ2) is 9.67. The van der Waals surface area contributed by atoms with E-state index in [9.17, 15) is 13.6 Å².